The fourth-order valence-electron chi connectivity index (χ4n) is 3.65. The van der Waals surface area contributed by atoms with Crippen molar-refractivity contribution in [2.45, 2.75) is 12.8 Å². The normalized spacial score (nSPS) is 35.3. The van der Waals surface area contributed by atoms with Crippen LogP contribution in [0.15, 0.2) is 34.8 Å². The van der Waals surface area contributed by atoms with E-state index in [1.54, 1.807) is 6.21 Å². The summed E-state index contributed by atoms with van der Waals surface area (Å²) in [6.07, 6.45) is 7.88. The first kappa shape index (κ1) is 12.0. The average Bonchev–Trinajstić information content (AvgIpc) is 3.08. The Balaban J connectivity index is 1.64. The fraction of sp³-hybridized carbons (Fsp3) is 0.400. The van der Waals surface area contributed by atoms with Crippen LogP contribution in [0.3, 0.4) is 0 Å². The Hall–Kier alpha value is -1.75. The molecule has 5 heteroatoms. The summed E-state index contributed by atoms with van der Waals surface area (Å²) in [5.74, 6) is -0.135. The number of hydrogen-bond donors (Lipinski definition) is 0. The van der Waals surface area contributed by atoms with Crippen molar-refractivity contribution >= 4 is 29.4 Å². The van der Waals surface area contributed by atoms with Gasteiger partial charge in [0, 0.05) is 4.88 Å². The minimum absolute atomic E-state index is 0.119. The highest BCUT2D eigenvalue weighted by Gasteiger charge is 2.56. The lowest BCUT2D eigenvalue weighted by Gasteiger charge is -2.37. The van der Waals surface area contributed by atoms with E-state index < -0.39 is 0 Å². The first-order chi connectivity index (χ1) is 9.75. The van der Waals surface area contributed by atoms with E-state index in [1.165, 1.54) is 11.3 Å². The van der Waals surface area contributed by atoms with Crippen molar-refractivity contribution < 1.29 is 9.59 Å². The van der Waals surface area contributed by atoms with Crippen LogP contribution in [0.2, 0.25) is 0 Å². The quantitative estimate of drug-likeness (QED) is 0.476. The van der Waals surface area contributed by atoms with Crippen LogP contribution < -0.4 is 0 Å². The summed E-state index contributed by atoms with van der Waals surface area (Å²) in [6, 6.07) is 3.83. The van der Waals surface area contributed by atoms with Crippen LogP contribution in [0.25, 0.3) is 0 Å². The largest absolute Gasteiger partial charge is 0.272 e. The molecule has 102 valence electrons. The molecule has 1 aromatic rings. The lowest BCUT2D eigenvalue weighted by atomic mass is 9.63. The topological polar surface area (TPSA) is 49.7 Å². The van der Waals surface area contributed by atoms with Crippen LogP contribution in [0.4, 0.5) is 0 Å². The van der Waals surface area contributed by atoms with E-state index in [-0.39, 0.29) is 35.5 Å². The molecule has 1 saturated carbocycles. The molecule has 2 heterocycles. The van der Waals surface area contributed by atoms with Gasteiger partial charge in [0.15, 0.2) is 0 Å². The second kappa shape index (κ2) is 4.38. The third kappa shape index (κ3) is 1.62. The second-order valence-corrected chi connectivity index (χ2v) is 6.57. The van der Waals surface area contributed by atoms with E-state index in [1.807, 2.05) is 17.5 Å². The molecule has 2 fully saturated rings. The zero-order valence-corrected chi connectivity index (χ0v) is 11.6. The summed E-state index contributed by atoms with van der Waals surface area (Å²) in [6.45, 7) is 0. The van der Waals surface area contributed by atoms with Crippen LogP contribution in [-0.4, -0.2) is 23.0 Å². The molecular formula is C15H14N2O2S. The summed E-state index contributed by atoms with van der Waals surface area (Å²) in [4.78, 5) is 25.9. The number of amides is 2. The summed E-state index contributed by atoms with van der Waals surface area (Å²) < 4.78 is 0. The van der Waals surface area contributed by atoms with Crippen molar-refractivity contribution in [1.29, 1.82) is 0 Å². The number of thiophene rings is 1. The molecule has 5 rings (SSSR count). The van der Waals surface area contributed by atoms with Crippen LogP contribution in [0.1, 0.15) is 17.7 Å². The molecule has 0 radical (unpaired) electrons. The van der Waals surface area contributed by atoms with Crippen molar-refractivity contribution in [1.82, 2.24) is 5.01 Å². The lowest BCUT2D eigenvalue weighted by molar-refractivity contribution is -0.140. The van der Waals surface area contributed by atoms with Gasteiger partial charge < -0.3 is 0 Å². The summed E-state index contributed by atoms with van der Waals surface area (Å²) in [5.41, 5.74) is 0. The average molecular weight is 286 g/mol. The molecule has 2 amide bonds. The molecule has 0 N–H and O–H groups in total. The molecule has 1 aromatic heterocycles. The molecule has 0 aromatic carbocycles. The highest BCUT2D eigenvalue weighted by atomic mass is 32.1. The zero-order chi connectivity index (χ0) is 13.7. The maximum Gasteiger partial charge on any atom is 0.254 e. The Labute approximate surface area is 120 Å². The van der Waals surface area contributed by atoms with Gasteiger partial charge >= 0.3 is 0 Å². The predicted octanol–water partition coefficient (Wildman–Crippen LogP) is 2.28. The first-order valence-corrected chi connectivity index (χ1v) is 7.77. The number of hydrogen-bond acceptors (Lipinski definition) is 4. The number of carbonyl (C=O) groups is 2. The molecule has 4 nitrogen and oxygen atoms in total. The van der Waals surface area contributed by atoms with Crippen molar-refractivity contribution in [3.05, 3.63) is 34.5 Å². The SMILES string of the molecule is O=C1[C@@H]2[C@H](C(=O)N1/N=C\c1cccs1)[C@@H]1C=C[C@@H]2CC1. The van der Waals surface area contributed by atoms with Crippen LogP contribution in [0.5, 0.6) is 0 Å². The fourth-order valence-corrected chi connectivity index (χ4v) is 4.23. The minimum atomic E-state index is -0.174. The number of hydrazone groups is 1. The smallest absolute Gasteiger partial charge is 0.254 e. The molecule has 0 spiro atoms. The van der Waals surface area contributed by atoms with Gasteiger partial charge in [-0.2, -0.15) is 10.1 Å². The van der Waals surface area contributed by atoms with Gasteiger partial charge in [-0.1, -0.05) is 18.2 Å². The highest BCUT2D eigenvalue weighted by Crippen LogP contribution is 2.49. The molecule has 3 aliphatic carbocycles. The van der Waals surface area contributed by atoms with E-state index in [2.05, 4.69) is 17.3 Å². The number of nitrogens with zero attached hydrogens (tertiary/aromatic N) is 2. The Morgan fingerprint density at radius 3 is 2.30 bits per heavy atom. The van der Waals surface area contributed by atoms with Crippen molar-refractivity contribution in [3.8, 4) is 0 Å². The van der Waals surface area contributed by atoms with E-state index in [9.17, 15) is 9.59 Å². The van der Waals surface area contributed by atoms with Gasteiger partial charge in [-0.15, -0.1) is 11.3 Å². The standard InChI is InChI=1S/C15H14N2O2S/c18-14-12-9-3-4-10(6-5-9)13(12)15(19)17(14)16-8-11-2-1-7-20-11/h1-4,7-10,12-13H,5-6H2/b16-8-/t9-,10-,12-,13+/m1/s1. The van der Waals surface area contributed by atoms with E-state index >= 15 is 0 Å². The van der Waals surface area contributed by atoms with Crippen LogP contribution >= 0.6 is 11.3 Å². The van der Waals surface area contributed by atoms with Gasteiger partial charge in [0.1, 0.15) is 0 Å². The lowest BCUT2D eigenvalue weighted by Crippen LogP contribution is -2.38. The third-order valence-electron chi connectivity index (χ3n) is 4.58. The molecule has 4 aliphatic rings. The van der Waals surface area contributed by atoms with E-state index in [0.29, 0.717) is 0 Å². The second-order valence-electron chi connectivity index (χ2n) is 5.59. The van der Waals surface area contributed by atoms with Crippen molar-refractivity contribution in [2.75, 3.05) is 0 Å². The predicted molar refractivity (Wildman–Crippen MR) is 76.1 cm³/mol. The molecule has 0 unspecified atom stereocenters. The molecule has 2 bridgehead atoms. The van der Waals surface area contributed by atoms with Gasteiger partial charge in [0.05, 0.1) is 18.1 Å². The van der Waals surface area contributed by atoms with Crippen molar-refractivity contribution in [3.63, 3.8) is 0 Å². The summed E-state index contributed by atoms with van der Waals surface area (Å²) in [5, 5.41) is 7.19. The Morgan fingerprint density at radius 2 is 1.80 bits per heavy atom. The molecule has 1 aliphatic heterocycles. The van der Waals surface area contributed by atoms with E-state index in [0.717, 1.165) is 22.7 Å². The Kier molecular flexibility index (Phi) is 2.63. The van der Waals surface area contributed by atoms with Gasteiger partial charge in [-0.3, -0.25) is 9.59 Å². The molecule has 4 atom stereocenters. The summed E-state index contributed by atoms with van der Waals surface area (Å²) in [7, 11) is 0. The number of fused-ring (bicyclic) bond motifs is 1. The van der Waals surface area contributed by atoms with Gasteiger partial charge in [-0.05, 0) is 36.1 Å². The van der Waals surface area contributed by atoms with Crippen LogP contribution in [-0.2, 0) is 9.59 Å². The van der Waals surface area contributed by atoms with Gasteiger partial charge in [-0.25, -0.2) is 0 Å². The summed E-state index contributed by atoms with van der Waals surface area (Å²) >= 11 is 1.54. The minimum Gasteiger partial charge on any atom is -0.272 e. The number of imide groups is 1. The van der Waals surface area contributed by atoms with Crippen molar-refractivity contribution in [2.24, 2.45) is 28.8 Å². The highest BCUT2D eigenvalue weighted by molar-refractivity contribution is 7.11. The zero-order valence-electron chi connectivity index (χ0n) is 10.8. The number of rotatable bonds is 2. The molecule has 1 saturated heterocycles. The monoisotopic (exact) mass is 286 g/mol. The maximum absolute atomic E-state index is 12.5. The van der Waals surface area contributed by atoms with Gasteiger partial charge in [0.25, 0.3) is 11.8 Å². The first-order valence-electron chi connectivity index (χ1n) is 6.89. The third-order valence-corrected chi connectivity index (χ3v) is 5.39. The number of carbonyl (C=O) groups excluding carboxylic acids is 2. The molecule has 20 heavy (non-hydrogen) atoms. The van der Waals surface area contributed by atoms with E-state index in [4.69, 9.17) is 0 Å². The maximum atomic E-state index is 12.5. The van der Waals surface area contributed by atoms with Gasteiger partial charge in [0.2, 0.25) is 0 Å². The Bertz CT molecular complexity index is 588. The number of allylic oxidation sites excluding steroid dienone is 2. The van der Waals surface area contributed by atoms with Crippen LogP contribution in [0, 0.1) is 23.7 Å². The Morgan fingerprint density at radius 1 is 1.15 bits per heavy atom. The molecular weight excluding hydrogens is 272 g/mol.